The Morgan fingerprint density at radius 1 is 0.900 bits per heavy atom. The molecule has 0 heterocycles. The lowest BCUT2D eigenvalue weighted by Gasteiger charge is -2.20. The van der Waals surface area contributed by atoms with Crippen molar-refractivity contribution in [2.24, 2.45) is 0 Å². The van der Waals surface area contributed by atoms with E-state index >= 15 is 0 Å². The molecule has 0 aliphatic carbocycles. The van der Waals surface area contributed by atoms with Crippen molar-refractivity contribution in [2.75, 3.05) is 5.32 Å². The molecule has 0 fully saturated rings. The van der Waals surface area contributed by atoms with Gasteiger partial charge in [-0.25, -0.2) is 8.42 Å². The lowest BCUT2D eigenvalue weighted by molar-refractivity contribution is -0.117. The van der Waals surface area contributed by atoms with Crippen LogP contribution in [-0.4, -0.2) is 20.4 Å². The maximum Gasteiger partial charge on any atom is 0.244 e. The highest BCUT2D eigenvalue weighted by atomic mass is 79.9. The van der Waals surface area contributed by atoms with Crippen LogP contribution in [-0.2, 0) is 21.2 Å². The third-order valence-corrected chi connectivity index (χ3v) is 7.15. The number of carbonyl (C=O) groups is 1. The zero-order chi connectivity index (χ0) is 21.7. The summed E-state index contributed by atoms with van der Waals surface area (Å²) in [5.74, 6) is -0.507. The molecule has 1 amide bonds. The van der Waals surface area contributed by atoms with Crippen molar-refractivity contribution < 1.29 is 13.2 Å². The van der Waals surface area contributed by atoms with Crippen molar-refractivity contribution >= 4 is 60.7 Å². The Balaban J connectivity index is 1.90. The van der Waals surface area contributed by atoms with Gasteiger partial charge in [-0.2, -0.15) is 4.72 Å². The maximum atomic E-state index is 13.0. The van der Waals surface area contributed by atoms with Gasteiger partial charge in [0.15, 0.2) is 0 Å². The van der Waals surface area contributed by atoms with E-state index in [0.717, 1.165) is 10.0 Å². The lowest BCUT2D eigenvalue weighted by Crippen LogP contribution is -2.45. The number of benzene rings is 3. The summed E-state index contributed by atoms with van der Waals surface area (Å²) in [6.07, 6.45) is 0.143. The Labute approximate surface area is 193 Å². The molecule has 1 unspecified atom stereocenters. The number of sulfonamides is 1. The highest BCUT2D eigenvalue weighted by Gasteiger charge is 2.29. The summed E-state index contributed by atoms with van der Waals surface area (Å²) in [7, 11) is -4.17. The van der Waals surface area contributed by atoms with Crippen LogP contribution < -0.4 is 10.0 Å². The second-order valence-corrected chi connectivity index (χ2v) is 9.79. The first-order chi connectivity index (χ1) is 14.3. The molecule has 0 aliphatic heterocycles. The molecular formula is C21H17BrCl2N2O3S. The minimum Gasteiger partial charge on any atom is -0.325 e. The molecule has 3 aromatic rings. The second-order valence-electron chi connectivity index (χ2n) is 6.41. The highest BCUT2D eigenvalue weighted by molar-refractivity contribution is 9.10. The van der Waals surface area contributed by atoms with Gasteiger partial charge in [0.1, 0.15) is 10.9 Å². The first-order valence-corrected chi connectivity index (χ1v) is 11.9. The third-order valence-electron chi connectivity index (χ3n) is 4.20. The predicted molar refractivity (Wildman–Crippen MR) is 123 cm³/mol. The van der Waals surface area contributed by atoms with Gasteiger partial charge in [-0.05, 0) is 48.4 Å². The SMILES string of the molecule is O=C(Nc1ccc(Br)cc1)C(Cc1ccccc1)NS(=O)(=O)c1c(Cl)cccc1Cl. The van der Waals surface area contributed by atoms with Gasteiger partial charge in [-0.15, -0.1) is 0 Å². The number of amides is 1. The molecule has 0 aromatic heterocycles. The normalized spacial score (nSPS) is 12.4. The van der Waals surface area contributed by atoms with Crippen LogP contribution in [0.2, 0.25) is 10.0 Å². The summed E-state index contributed by atoms with van der Waals surface area (Å²) < 4.78 is 29.3. The van der Waals surface area contributed by atoms with Crippen molar-refractivity contribution in [3.8, 4) is 0 Å². The molecular weight excluding hydrogens is 511 g/mol. The predicted octanol–water partition coefficient (Wildman–Crippen LogP) is 5.28. The van der Waals surface area contributed by atoms with Crippen molar-refractivity contribution in [1.29, 1.82) is 0 Å². The van der Waals surface area contributed by atoms with Crippen LogP contribution in [0.3, 0.4) is 0 Å². The number of anilines is 1. The average Bonchev–Trinajstić information content (AvgIpc) is 2.69. The van der Waals surface area contributed by atoms with Crippen molar-refractivity contribution in [1.82, 2.24) is 4.72 Å². The van der Waals surface area contributed by atoms with E-state index in [1.807, 2.05) is 30.3 Å². The van der Waals surface area contributed by atoms with E-state index in [0.29, 0.717) is 5.69 Å². The van der Waals surface area contributed by atoms with Gasteiger partial charge in [0, 0.05) is 10.2 Å². The van der Waals surface area contributed by atoms with Crippen LogP contribution in [0.15, 0.2) is 82.2 Å². The number of hydrogen-bond donors (Lipinski definition) is 2. The van der Waals surface area contributed by atoms with Gasteiger partial charge in [0.25, 0.3) is 0 Å². The van der Waals surface area contributed by atoms with Gasteiger partial charge in [-0.1, -0.05) is 75.5 Å². The molecule has 9 heteroatoms. The minimum atomic E-state index is -4.17. The molecule has 1 atom stereocenters. The van der Waals surface area contributed by atoms with E-state index in [4.69, 9.17) is 23.2 Å². The van der Waals surface area contributed by atoms with E-state index in [2.05, 4.69) is 26.0 Å². The molecule has 0 saturated carbocycles. The molecule has 0 radical (unpaired) electrons. The van der Waals surface area contributed by atoms with Crippen LogP contribution in [0.1, 0.15) is 5.56 Å². The Hall–Kier alpha value is -1.90. The summed E-state index contributed by atoms with van der Waals surface area (Å²) in [4.78, 5) is 12.7. The van der Waals surface area contributed by atoms with Crippen molar-refractivity contribution in [3.63, 3.8) is 0 Å². The van der Waals surface area contributed by atoms with Crippen molar-refractivity contribution in [2.45, 2.75) is 17.4 Å². The smallest absolute Gasteiger partial charge is 0.244 e. The zero-order valence-electron chi connectivity index (χ0n) is 15.5. The number of nitrogens with one attached hydrogen (secondary N) is 2. The van der Waals surface area contributed by atoms with E-state index in [9.17, 15) is 13.2 Å². The average molecular weight is 528 g/mol. The number of hydrogen-bond acceptors (Lipinski definition) is 3. The molecule has 30 heavy (non-hydrogen) atoms. The topological polar surface area (TPSA) is 75.3 Å². The largest absolute Gasteiger partial charge is 0.325 e. The lowest BCUT2D eigenvalue weighted by atomic mass is 10.1. The summed E-state index contributed by atoms with van der Waals surface area (Å²) in [5, 5.41) is 2.69. The molecule has 3 aromatic carbocycles. The summed E-state index contributed by atoms with van der Waals surface area (Å²) >= 11 is 15.5. The van der Waals surface area contributed by atoms with Gasteiger partial charge >= 0.3 is 0 Å². The van der Waals surface area contributed by atoms with E-state index in [1.165, 1.54) is 12.1 Å². The molecule has 0 saturated heterocycles. The molecule has 0 aliphatic rings. The van der Waals surface area contributed by atoms with E-state index in [-0.39, 0.29) is 21.4 Å². The molecule has 156 valence electrons. The molecule has 3 rings (SSSR count). The Bertz CT molecular complexity index is 1120. The molecule has 2 N–H and O–H groups in total. The third kappa shape index (κ3) is 5.83. The van der Waals surface area contributed by atoms with Crippen LogP contribution in [0, 0.1) is 0 Å². The summed E-state index contributed by atoms with van der Waals surface area (Å²) in [5.41, 5.74) is 1.33. The monoisotopic (exact) mass is 526 g/mol. The minimum absolute atomic E-state index is 0.0261. The van der Waals surface area contributed by atoms with Gasteiger partial charge in [0.2, 0.25) is 15.9 Å². The Morgan fingerprint density at radius 3 is 2.10 bits per heavy atom. The van der Waals surface area contributed by atoms with Crippen molar-refractivity contribution in [3.05, 3.63) is 92.9 Å². The fourth-order valence-corrected chi connectivity index (χ4v) is 5.39. The first kappa shape index (κ1) is 22.8. The Morgan fingerprint density at radius 2 is 1.50 bits per heavy atom. The van der Waals surface area contributed by atoms with Gasteiger partial charge < -0.3 is 5.32 Å². The van der Waals surface area contributed by atoms with Crippen LogP contribution in [0.5, 0.6) is 0 Å². The fraction of sp³-hybridized carbons (Fsp3) is 0.0952. The standard InChI is InChI=1S/C21H17BrCl2N2O3S/c22-15-9-11-16(12-10-15)25-21(27)19(13-14-5-2-1-3-6-14)26-30(28,29)20-17(23)7-4-8-18(20)24/h1-12,19,26H,13H2,(H,25,27). The highest BCUT2D eigenvalue weighted by Crippen LogP contribution is 2.29. The quantitative estimate of drug-likeness (QED) is 0.438. The molecule has 0 spiro atoms. The first-order valence-electron chi connectivity index (χ1n) is 8.83. The van der Waals surface area contributed by atoms with Gasteiger partial charge in [-0.3, -0.25) is 4.79 Å². The second kappa shape index (κ2) is 9.94. The number of halogens is 3. The van der Waals surface area contributed by atoms with Crippen LogP contribution in [0.4, 0.5) is 5.69 Å². The van der Waals surface area contributed by atoms with Crippen LogP contribution >= 0.6 is 39.1 Å². The Kier molecular flexibility index (Phi) is 7.55. The summed E-state index contributed by atoms with van der Waals surface area (Å²) in [6.45, 7) is 0. The molecule has 0 bridgehead atoms. The van der Waals surface area contributed by atoms with Crippen LogP contribution in [0.25, 0.3) is 0 Å². The van der Waals surface area contributed by atoms with Gasteiger partial charge in [0.05, 0.1) is 10.0 Å². The fourth-order valence-electron chi connectivity index (χ4n) is 2.79. The number of rotatable bonds is 7. The molecule has 5 nitrogen and oxygen atoms in total. The van der Waals surface area contributed by atoms with E-state index in [1.54, 1.807) is 30.3 Å². The summed E-state index contributed by atoms with van der Waals surface area (Å²) in [6, 6.07) is 19.4. The van der Waals surface area contributed by atoms with E-state index < -0.39 is 22.0 Å². The number of carbonyl (C=O) groups excluding carboxylic acids is 1. The zero-order valence-corrected chi connectivity index (χ0v) is 19.4. The maximum absolute atomic E-state index is 13.0.